The minimum absolute atomic E-state index is 0.0363. The molecule has 0 spiro atoms. The Morgan fingerprint density at radius 3 is 1.47 bits per heavy atom. The van der Waals surface area contributed by atoms with Gasteiger partial charge in [-0.05, 0) is 64.5 Å². The zero-order chi connectivity index (χ0) is 47.3. The number of nitrogens with zero attached hydrogens (tertiary/aromatic N) is 12. The monoisotopic (exact) mass is 940 g/mol. The van der Waals surface area contributed by atoms with Gasteiger partial charge in [0.15, 0.2) is 11.6 Å². The number of aromatic nitrogens is 10. The molecular formula is C48H62F2N12O6. The third-order valence-corrected chi connectivity index (χ3v) is 13.1. The third kappa shape index (κ3) is 10.8. The van der Waals surface area contributed by atoms with E-state index in [2.05, 4.69) is 30.0 Å². The highest BCUT2D eigenvalue weighted by Crippen LogP contribution is 2.33. The number of pyridine rings is 2. The van der Waals surface area contributed by atoms with Crippen molar-refractivity contribution in [1.29, 1.82) is 0 Å². The molecule has 10 rings (SSSR count). The molecule has 0 aromatic carbocycles. The van der Waals surface area contributed by atoms with Gasteiger partial charge in [0.05, 0.1) is 112 Å². The average Bonchev–Trinajstić information content (AvgIpc) is 4.19. The number of aliphatic hydroxyl groups is 2. The highest BCUT2D eigenvalue weighted by atomic mass is 19.1. The molecule has 0 amide bonds. The van der Waals surface area contributed by atoms with Gasteiger partial charge in [0, 0.05) is 98.9 Å². The van der Waals surface area contributed by atoms with Crippen LogP contribution in [-0.2, 0) is 48.2 Å². The summed E-state index contributed by atoms with van der Waals surface area (Å²) < 4.78 is 57.7. The number of methoxy groups -OCH3 is 2. The molecule has 6 aromatic heterocycles. The van der Waals surface area contributed by atoms with E-state index in [9.17, 15) is 19.0 Å². The molecule has 0 unspecified atom stereocenters. The minimum atomic E-state index is -0.523. The lowest BCUT2D eigenvalue weighted by Gasteiger charge is -2.17. The number of β-amino-alcohol motifs (C(OH)–C–C–N with tert-alkyl or cyclic N) is 2. The van der Waals surface area contributed by atoms with Crippen LogP contribution in [0.15, 0.2) is 49.3 Å². The molecule has 2 N–H and O–H groups in total. The van der Waals surface area contributed by atoms with Crippen molar-refractivity contribution in [2.24, 2.45) is 11.8 Å². The van der Waals surface area contributed by atoms with Crippen LogP contribution < -0.4 is 9.47 Å². The van der Waals surface area contributed by atoms with Crippen LogP contribution in [0, 0.1) is 23.5 Å². The molecule has 18 nitrogen and oxygen atoms in total. The van der Waals surface area contributed by atoms with E-state index in [1.807, 2.05) is 48.0 Å². The highest BCUT2D eigenvalue weighted by Gasteiger charge is 2.28. The Morgan fingerprint density at radius 1 is 0.647 bits per heavy atom. The molecule has 20 heteroatoms. The van der Waals surface area contributed by atoms with E-state index in [0.717, 1.165) is 110 Å². The van der Waals surface area contributed by atoms with Crippen LogP contribution in [0.4, 0.5) is 8.78 Å². The van der Waals surface area contributed by atoms with E-state index in [1.165, 1.54) is 26.4 Å². The van der Waals surface area contributed by atoms with Crippen molar-refractivity contribution in [2.75, 3.05) is 79.9 Å². The van der Waals surface area contributed by atoms with Crippen molar-refractivity contribution < 1.29 is 37.9 Å². The van der Waals surface area contributed by atoms with Gasteiger partial charge in [0.1, 0.15) is 0 Å². The van der Waals surface area contributed by atoms with Crippen LogP contribution in [0.1, 0.15) is 49.2 Å². The Bertz CT molecular complexity index is 2470. The van der Waals surface area contributed by atoms with Crippen molar-refractivity contribution in [2.45, 2.75) is 77.7 Å². The standard InChI is InChI=1S/2C24H31FN6O3/c2*1-16(32)12-29-6-3-17(13-29)14-30-15-18(10-27-30)23-20-4-7-34-8-5-22(20)31(28-23)19-9-21(25)24(33-2)26-11-19/h2*9-11,15-17,32H,3-8,12-14H2,1-2H3/t16-,17+;16-,17-/m00/s1. The summed E-state index contributed by atoms with van der Waals surface area (Å²) in [5.74, 6) is -0.114. The van der Waals surface area contributed by atoms with Crippen molar-refractivity contribution in [3.8, 4) is 45.6 Å². The maximum absolute atomic E-state index is 14.4. The maximum Gasteiger partial charge on any atom is 0.250 e. The SMILES string of the molecule is COc1ncc(-n2nc(-c3cnn(C[C@@H]4CCN(C[C@H](C)O)C4)c3)c3c2CCOCC3)cc1F.COc1ncc(-n2nc(-c3cnn(C[C@H]4CCN(C[C@H](C)O)C4)c3)c3c2CCOCC3)cc1F. The van der Waals surface area contributed by atoms with E-state index < -0.39 is 11.6 Å². The van der Waals surface area contributed by atoms with Gasteiger partial charge >= 0.3 is 0 Å². The molecule has 6 aromatic rings. The molecule has 0 aliphatic carbocycles. The predicted molar refractivity (Wildman–Crippen MR) is 247 cm³/mol. The highest BCUT2D eigenvalue weighted by molar-refractivity contribution is 5.65. The fraction of sp³-hybridized carbons (Fsp3) is 0.542. The Kier molecular flexibility index (Phi) is 14.9. The topological polar surface area (TPSA) is 181 Å². The minimum Gasteiger partial charge on any atom is -0.479 e. The third-order valence-electron chi connectivity index (χ3n) is 13.1. The molecule has 4 aliphatic rings. The average molecular weight is 941 g/mol. The second-order valence-electron chi connectivity index (χ2n) is 18.4. The lowest BCUT2D eigenvalue weighted by atomic mass is 10.0. The molecule has 0 bridgehead atoms. The number of hydrogen-bond acceptors (Lipinski definition) is 14. The Morgan fingerprint density at radius 2 is 1.07 bits per heavy atom. The Balaban J connectivity index is 0.000000170. The summed E-state index contributed by atoms with van der Waals surface area (Å²) in [5.41, 5.74) is 8.94. The van der Waals surface area contributed by atoms with Crippen LogP contribution in [0.2, 0.25) is 0 Å². The first-order valence-electron chi connectivity index (χ1n) is 23.7. The summed E-state index contributed by atoms with van der Waals surface area (Å²) in [7, 11) is 2.79. The fourth-order valence-electron chi connectivity index (χ4n) is 10.1. The molecule has 4 atom stereocenters. The fourth-order valence-corrected chi connectivity index (χ4v) is 10.1. The second-order valence-corrected chi connectivity index (χ2v) is 18.4. The summed E-state index contributed by atoms with van der Waals surface area (Å²) in [4.78, 5) is 12.8. The van der Waals surface area contributed by atoms with Gasteiger partial charge in [0.2, 0.25) is 11.8 Å². The van der Waals surface area contributed by atoms with Crippen LogP contribution in [0.25, 0.3) is 33.9 Å². The molecule has 364 valence electrons. The first kappa shape index (κ1) is 47.4. The van der Waals surface area contributed by atoms with Gasteiger partial charge in [-0.1, -0.05) is 0 Å². The van der Waals surface area contributed by atoms with Gasteiger partial charge in [-0.15, -0.1) is 0 Å². The van der Waals surface area contributed by atoms with E-state index in [-0.39, 0.29) is 24.0 Å². The van der Waals surface area contributed by atoms with Gasteiger partial charge in [-0.3, -0.25) is 9.36 Å². The van der Waals surface area contributed by atoms with Gasteiger partial charge in [-0.25, -0.2) is 28.1 Å². The van der Waals surface area contributed by atoms with Gasteiger partial charge in [-0.2, -0.15) is 20.4 Å². The van der Waals surface area contributed by atoms with Gasteiger partial charge < -0.3 is 39.0 Å². The molecule has 0 saturated carbocycles. The second kappa shape index (κ2) is 21.3. The molecule has 68 heavy (non-hydrogen) atoms. The maximum atomic E-state index is 14.4. The van der Waals surface area contributed by atoms with Crippen molar-refractivity contribution >= 4 is 0 Å². The van der Waals surface area contributed by atoms with E-state index >= 15 is 0 Å². The molecule has 2 fully saturated rings. The van der Waals surface area contributed by atoms with E-state index in [4.69, 9.17) is 29.1 Å². The normalized spacial score (nSPS) is 19.7. The first-order chi connectivity index (χ1) is 33.0. The number of rotatable bonds is 14. The van der Waals surface area contributed by atoms with Crippen LogP contribution >= 0.6 is 0 Å². The zero-order valence-electron chi connectivity index (χ0n) is 39.3. The predicted octanol–water partition coefficient (Wildman–Crippen LogP) is 4.19. The lowest BCUT2D eigenvalue weighted by Crippen LogP contribution is -2.29. The smallest absolute Gasteiger partial charge is 0.250 e. The Hall–Kier alpha value is -5.64. The van der Waals surface area contributed by atoms with Crippen molar-refractivity contribution in [1.82, 2.24) is 58.9 Å². The van der Waals surface area contributed by atoms with E-state index in [0.29, 0.717) is 75.6 Å². The first-order valence-corrected chi connectivity index (χ1v) is 23.7. The lowest BCUT2D eigenvalue weighted by molar-refractivity contribution is 0.137. The summed E-state index contributed by atoms with van der Waals surface area (Å²) >= 11 is 0. The largest absolute Gasteiger partial charge is 0.479 e. The molecule has 0 radical (unpaired) electrons. The quantitative estimate of drug-likeness (QED) is 0.159. The number of ether oxygens (including phenoxy) is 4. The Labute approximate surface area is 394 Å². The molecular weight excluding hydrogens is 879 g/mol. The van der Waals surface area contributed by atoms with Gasteiger partial charge in [0.25, 0.3) is 0 Å². The summed E-state index contributed by atoms with van der Waals surface area (Å²) in [5, 5.41) is 38.3. The molecule has 4 aliphatic heterocycles. The van der Waals surface area contributed by atoms with Crippen LogP contribution in [-0.4, -0.2) is 161 Å². The number of aliphatic hydroxyl groups excluding tert-OH is 2. The summed E-state index contributed by atoms with van der Waals surface area (Å²) in [6.45, 7) is 13.1. The number of hydrogen-bond donors (Lipinski definition) is 2. The summed E-state index contributed by atoms with van der Waals surface area (Å²) in [6.07, 6.45) is 15.4. The summed E-state index contributed by atoms with van der Waals surface area (Å²) in [6, 6.07) is 2.80. The molecule has 2 saturated heterocycles. The molecule has 10 heterocycles. The van der Waals surface area contributed by atoms with E-state index in [1.54, 1.807) is 21.8 Å². The van der Waals surface area contributed by atoms with Crippen molar-refractivity contribution in [3.63, 3.8) is 0 Å². The number of halogens is 2. The van der Waals surface area contributed by atoms with Crippen LogP contribution in [0.3, 0.4) is 0 Å². The number of fused-ring (bicyclic) bond motifs is 2. The zero-order valence-corrected chi connectivity index (χ0v) is 39.3. The van der Waals surface area contributed by atoms with Crippen LogP contribution in [0.5, 0.6) is 11.8 Å². The number of likely N-dealkylation sites (tertiary alicyclic amines) is 2. The van der Waals surface area contributed by atoms with Crippen molar-refractivity contribution in [3.05, 3.63) is 83.5 Å².